The molecule has 6 nitrogen and oxygen atoms in total. The minimum atomic E-state index is -0.276. The predicted molar refractivity (Wildman–Crippen MR) is 78.0 cm³/mol. The summed E-state index contributed by atoms with van der Waals surface area (Å²) >= 11 is 5.91. The van der Waals surface area contributed by atoms with Crippen molar-refractivity contribution in [3.05, 3.63) is 59.4 Å². The van der Waals surface area contributed by atoms with E-state index < -0.39 is 0 Å². The van der Waals surface area contributed by atoms with Gasteiger partial charge in [-0.15, -0.1) is 0 Å². The van der Waals surface area contributed by atoms with Crippen LogP contribution in [0.25, 0.3) is 5.65 Å². The molecule has 0 aliphatic rings. The van der Waals surface area contributed by atoms with Crippen LogP contribution in [0.4, 0.5) is 4.79 Å². The van der Waals surface area contributed by atoms with E-state index in [1.54, 1.807) is 30.7 Å². The molecule has 7 heteroatoms. The van der Waals surface area contributed by atoms with Gasteiger partial charge < -0.3 is 19.5 Å². The molecule has 21 heavy (non-hydrogen) atoms. The van der Waals surface area contributed by atoms with Crippen LogP contribution in [0.15, 0.2) is 47.3 Å². The number of hydrogen-bond donors (Lipinski definition) is 2. The Bertz CT molecular complexity index is 752. The minimum Gasteiger partial charge on any atom is -0.467 e. The molecule has 2 N–H and O–H groups in total. The first-order valence-electron chi connectivity index (χ1n) is 6.38. The third-order valence-electron chi connectivity index (χ3n) is 2.90. The lowest BCUT2D eigenvalue weighted by Gasteiger charge is -2.04. The molecule has 0 unspecified atom stereocenters. The van der Waals surface area contributed by atoms with Gasteiger partial charge in [0.05, 0.1) is 30.1 Å². The Morgan fingerprint density at radius 3 is 2.90 bits per heavy atom. The highest BCUT2D eigenvalue weighted by Gasteiger charge is 2.05. The number of carbonyl (C=O) groups excluding carboxylic acids is 1. The average molecular weight is 305 g/mol. The van der Waals surface area contributed by atoms with Crippen LogP contribution < -0.4 is 10.6 Å². The van der Waals surface area contributed by atoms with Gasteiger partial charge >= 0.3 is 6.03 Å². The fourth-order valence-electron chi connectivity index (χ4n) is 1.92. The van der Waals surface area contributed by atoms with Gasteiger partial charge in [0.1, 0.15) is 11.4 Å². The number of nitrogens with one attached hydrogen (secondary N) is 2. The summed E-state index contributed by atoms with van der Waals surface area (Å²) in [6.45, 7) is 0.683. The van der Waals surface area contributed by atoms with Gasteiger partial charge in [0.15, 0.2) is 0 Å². The van der Waals surface area contributed by atoms with Gasteiger partial charge in [0.2, 0.25) is 0 Å². The van der Waals surface area contributed by atoms with E-state index in [-0.39, 0.29) is 6.03 Å². The number of hydrogen-bond acceptors (Lipinski definition) is 3. The van der Waals surface area contributed by atoms with Crippen molar-refractivity contribution in [2.45, 2.75) is 13.1 Å². The molecule has 0 aliphatic heterocycles. The van der Waals surface area contributed by atoms with Crippen LogP contribution in [0.3, 0.4) is 0 Å². The summed E-state index contributed by atoms with van der Waals surface area (Å²) in [6, 6.07) is 6.89. The summed E-state index contributed by atoms with van der Waals surface area (Å²) in [6.07, 6.45) is 5.16. The van der Waals surface area contributed by atoms with Crippen LogP contribution in [-0.2, 0) is 13.1 Å². The highest BCUT2D eigenvalue weighted by Crippen LogP contribution is 2.11. The van der Waals surface area contributed by atoms with Crippen molar-refractivity contribution in [1.29, 1.82) is 0 Å². The summed E-state index contributed by atoms with van der Waals surface area (Å²) in [5.74, 6) is 0.701. The fourth-order valence-corrected chi connectivity index (χ4v) is 2.08. The number of urea groups is 1. The van der Waals surface area contributed by atoms with E-state index in [2.05, 4.69) is 15.6 Å². The number of amides is 2. The second-order valence-corrected chi connectivity index (χ2v) is 4.90. The van der Waals surface area contributed by atoms with E-state index in [0.29, 0.717) is 23.9 Å². The van der Waals surface area contributed by atoms with Crippen molar-refractivity contribution in [2.75, 3.05) is 0 Å². The van der Waals surface area contributed by atoms with Crippen molar-refractivity contribution >= 4 is 23.3 Å². The first-order valence-corrected chi connectivity index (χ1v) is 6.76. The summed E-state index contributed by atoms with van der Waals surface area (Å²) in [4.78, 5) is 16.0. The Hall–Kier alpha value is -2.47. The van der Waals surface area contributed by atoms with Gasteiger partial charge in [-0.05, 0) is 24.3 Å². The van der Waals surface area contributed by atoms with Crippen LogP contribution in [-0.4, -0.2) is 15.4 Å². The van der Waals surface area contributed by atoms with Crippen LogP contribution in [0.1, 0.15) is 11.5 Å². The number of imidazole rings is 1. The third kappa shape index (κ3) is 3.35. The second kappa shape index (κ2) is 5.88. The molecular weight excluding hydrogens is 292 g/mol. The first kappa shape index (κ1) is 13.5. The van der Waals surface area contributed by atoms with Crippen molar-refractivity contribution in [3.8, 4) is 0 Å². The van der Waals surface area contributed by atoms with Gasteiger partial charge in [-0.25, -0.2) is 9.78 Å². The summed E-state index contributed by atoms with van der Waals surface area (Å²) in [5, 5.41) is 6.07. The number of furan rings is 1. The standard InChI is InChI=1S/C14H13ClN4O2/c15-10-3-4-13-18-11(9-19(13)8-10)6-16-14(20)17-7-12-2-1-5-21-12/h1-5,8-9H,6-7H2,(H2,16,17,20). The van der Waals surface area contributed by atoms with Gasteiger partial charge in [0.25, 0.3) is 0 Å². The predicted octanol–water partition coefficient (Wildman–Crippen LogP) is 2.58. The molecule has 3 heterocycles. The monoisotopic (exact) mass is 304 g/mol. The SMILES string of the molecule is O=C(NCc1cn2cc(Cl)ccc2n1)NCc1ccco1. The van der Waals surface area contributed by atoms with E-state index in [0.717, 1.165) is 11.3 Å². The van der Waals surface area contributed by atoms with Gasteiger partial charge in [-0.3, -0.25) is 0 Å². The Labute approximate surface area is 125 Å². The maximum absolute atomic E-state index is 11.7. The Balaban J connectivity index is 1.54. The smallest absolute Gasteiger partial charge is 0.315 e. The van der Waals surface area contributed by atoms with E-state index >= 15 is 0 Å². The zero-order valence-corrected chi connectivity index (χ0v) is 11.8. The van der Waals surface area contributed by atoms with E-state index in [9.17, 15) is 4.79 Å². The van der Waals surface area contributed by atoms with E-state index in [4.69, 9.17) is 16.0 Å². The lowest BCUT2D eigenvalue weighted by Crippen LogP contribution is -2.34. The van der Waals surface area contributed by atoms with Gasteiger partial charge in [0, 0.05) is 12.4 Å². The number of nitrogens with zero attached hydrogens (tertiary/aromatic N) is 2. The highest BCUT2D eigenvalue weighted by molar-refractivity contribution is 6.30. The van der Waals surface area contributed by atoms with Gasteiger partial charge in [-0.2, -0.15) is 0 Å². The molecule has 0 radical (unpaired) electrons. The molecule has 0 atom stereocenters. The molecule has 2 amide bonds. The zero-order chi connectivity index (χ0) is 14.7. The summed E-state index contributed by atoms with van der Waals surface area (Å²) in [5.41, 5.74) is 1.54. The number of aromatic nitrogens is 2. The third-order valence-corrected chi connectivity index (χ3v) is 3.12. The molecule has 3 aromatic heterocycles. The summed E-state index contributed by atoms with van der Waals surface area (Å²) in [7, 11) is 0. The Morgan fingerprint density at radius 2 is 2.10 bits per heavy atom. The molecule has 0 bridgehead atoms. The molecule has 0 aromatic carbocycles. The second-order valence-electron chi connectivity index (χ2n) is 4.46. The molecule has 0 saturated heterocycles. The topological polar surface area (TPSA) is 71.6 Å². The highest BCUT2D eigenvalue weighted by atomic mass is 35.5. The van der Waals surface area contributed by atoms with Crippen LogP contribution in [0.2, 0.25) is 5.02 Å². The van der Waals surface area contributed by atoms with E-state index in [1.807, 2.05) is 16.7 Å². The Morgan fingerprint density at radius 1 is 1.24 bits per heavy atom. The number of halogens is 1. The van der Waals surface area contributed by atoms with Crippen molar-refractivity contribution in [2.24, 2.45) is 0 Å². The molecule has 3 rings (SSSR count). The lowest BCUT2D eigenvalue weighted by molar-refractivity contribution is 0.239. The number of carbonyl (C=O) groups is 1. The molecule has 0 aliphatic carbocycles. The maximum atomic E-state index is 11.7. The molecular formula is C14H13ClN4O2. The average Bonchev–Trinajstić information content (AvgIpc) is 3.11. The van der Waals surface area contributed by atoms with Gasteiger partial charge in [-0.1, -0.05) is 11.6 Å². The van der Waals surface area contributed by atoms with Crippen LogP contribution >= 0.6 is 11.6 Å². The van der Waals surface area contributed by atoms with Crippen molar-refractivity contribution < 1.29 is 9.21 Å². The molecule has 0 spiro atoms. The van der Waals surface area contributed by atoms with Crippen molar-refractivity contribution in [3.63, 3.8) is 0 Å². The van der Waals surface area contributed by atoms with E-state index in [1.165, 1.54) is 0 Å². The normalized spacial score (nSPS) is 10.7. The molecule has 3 aromatic rings. The first-order chi connectivity index (χ1) is 10.2. The number of fused-ring (bicyclic) bond motifs is 1. The van der Waals surface area contributed by atoms with Crippen LogP contribution in [0.5, 0.6) is 0 Å². The zero-order valence-electron chi connectivity index (χ0n) is 11.0. The maximum Gasteiger partial charge on any atom is 0.315 e. The quantitative estimate of drug-likeness (QED) is 0.778. The molecule has 0 saturated carbocycles. The lowest BCUT2D eigenvalue weighted by atomic mass is 10.4. The van der Waals surface area contributed by atoms with Crippen molar-refractivity contribution in [1.82, 2.24) is 20.0 Å². The molecule has 0 fully saturated rings. The number of rotatable bonds is 4. The number of pyridine rings is 1. The summed E-state index contributed by atoms with van der Waals surface area (Å²) < 4.78 is 6.95. The molecule has 108 valence electrons. The minimum absolute atomic E-state index is 0.276. The largest absolute Gasteiger partial charge is 0.467 e. The fraction of sp³-hybridized carbons (Fsp3) is 0.143. The van der Waals surface area contributed by atoms with Crippen LogP contribution in [0, 0.1) is 0 Å². The Kier molecular flexibility index (Phi) is 3.79.